The third-order valence-electron chi connectivity index (χ3n) is 11.1. The molecule has 8 atom stereocenters. The minimum Gasteiger partial charge on any atom is -0.381 e. The molecule has 3 nitrogen and oxygen atoms in total. The predicted molar refractivity (Wildman–Crippen MR) is 126 cm³/mol. The molecule has 1 spiro atoms. The molecule has 0 N–H and O–H groups in total. The Balaban J connectivity index is 1.42. The lowest BCUT2D eigenvalue weighted by Crippen LogP contribution is -2.50. The molecule has 0 aromatic carbocycles. The molecule has 0 radical (unpaired) electrons. The summed E-state index contributed by atoms with van der Waals surface area (Å²) in [6, 6.07) is 0.490. The van der Waals surface area contributed by atoms with Crippen LogP contribution in [0, 0.1) is 34.5 Å². The number of hydrogen-bond donors (Lipinski definition) is 0. The molecule has 3 saturated carbocycles. The van der Waals surface area contributed by atoms with Crippen LogP contribution in [0.3, 0.4) is 0 Å². The standard InChI is InChI=1S/C28H45NO2/c1-18(2)8-7-9-19(3)22-12-15-28-25-23(11-14-27(22,28)5)26(4)13-10-21(31-6)16-20(26)17-24(30)29(25)28/h17-19,21-23,25H,7-16H2,1-6H3/t19?,21-,22?,23-,25+,26-,27+,28+,29?/m0/s1. The number of nitrogens with zero attached hydrogens (tertiary/aromatic N) is 1. The Kier molecular flexibility index (Phi) is 5.20. The summed E-state index contributed by atoms with van der Waals surface area (Å²) in [7, 11) is 1.83. The van der Waals surface area contributed by atoms with Crippen molar-refractivity contribution < 1.29 is 9.53 Å². The Bertz CT molecular complexity index is 773. The summed E-state index contributed by atoms with van der Waals surface area (Å²) in [6.07, 6.45) is 14.9. The summed E-state index contributed by atoms with van der Waals surface area (Å²) in [5.74, 6) is 3.33. The Labute approximate surface area is 190 Å². The van der Waals surface area contributed by atoms with E-state index in [0.717, 1.165) is 30.6 Å². The SMILES string of the molecule is CO[C@H]1CC[C@@]2(C)C(=CC(=O)N3[C@@H]4[C@@H]2CC[C@]2(C)C(C(C)CCCC(C)C)CC[C@]432)C1. The quantitative estimate of drug-likeness (QED) is 0.461. The molecular weight excluding hydrogens is 382 g/mol. The van der Waals surface area contributed by atoms with E-state index in [1.807, 2.05) is 7.11 Å². The second kappa shape index (κ2) is 7.34. The highest BCUT2D eigenvalue weighted by Crippen LogP contribution is 2.76. The minimum atomic E-state index is 0.160. The summed E-state index contributed by atoms with van der Waals surface area (Å²) in [4.78, 5) is 16.0. The zero-order valence-electron chi connectivity index (χ0n) is 20.9. The topological polar surface area (TPSA) is 29.3 Å². The molecule has 4 fully saturated rings. The van der Waals surface area contributed by atoms with Gasteiger partial charge >= 0.3 is 0 Å². The van der Waals surface area contributed by atoms with Crippen molar-refractivity contribution in [3.63, 3.8) is 0 Å². The molecule has 1 saturated heterocycles. The molecule has 0 aromatic heterocycles. The molecule has 0 bridgehead atoms. The predicted octanol–water partition coefficient (Wildman–Crippen LogP) is 6.37. The Morgan fingerprint density at radius 3 is 2.58 bits per heavy atom. The second-order valence-electron chi connectivity index (χ2n) is 12.8. The molecular formula is C28H45NO2. The van der Waals surface area contributed by atoms with Crippen molar-refractivity contribution in [1.82, 2.24) is 4.90 Å². The van der Waals surface area contributed by atoms with Crippen molar-refractivity contribution >= 4 is 5.91 Å². The molecule has 2 unspecified atom stereocenters. The molecule has 5 aliphatic rings. The minimum absolute atomic E-state index is 0.160. The van der Waals surface area contributed by atoms with Crippen LogP contribution < -0.4 is 0 Å². The van der Waals surface area contributed by atoms with Gasteiger partial charge in [0.15, 0.2) is 0 Å². The first-order valence-corrected chi connectivity index (χ1v) is 13.3. The van der Waals surface area contributed by atoms with Crippen molar-refractivity contribution in [2.75, 3.05) is 7.11 Å². The van der Waals surface area contributed by atoms with Gasteiger partial charge < -0.3 is 9.64 Å². The summed E-state index contributed by atoms with van der Waals surface area (Å²) < 4.78 is 5.71. The van der Waals surface area contributed by atoms with E-state index in [-0.39, 0.29) is 11.0 Å². The fourth-order valence-electron chi connectivity index (χ4n) is 9.30. The third-order valence-corrected chi connectivity index (χ3v) is 11.1. The van der Waals surface area contributed by atoms with Crippen LogP contribution in [-0.4, -0.2) is 35.6 Å². The first-order valence-electron chi connectivity index (χ1n) is 13.3. The van der Waals surface area contributed by atoms with Gasteiger partial charge in [-0.1, -0.05) is 59.5 Å². The molecule has 174 valence electrons. The second-order valence-corrected chi connectivity index (χ2v) is 12.8. The van der Waals surface area contributed by atoms with E-state index in [1.54, 1.807) is 0 Å². The van der Waals surface area contributed by atoms with Crippen molar-refractivity contribution in [1.29, 1.82) is 0 Å². The maximum atomic E-state index is 13.6. The molecule has 1 amide bonds. The van der Waals surface area contributed by atoms with Crippen molar-refractivity contribution in [2.24, 2.45) is 34.5 Å². The number of methoxy groups -OCH3 is 1. The van der Waals surface area contributed by atoms with E-state index in [4.69, 9.17) is 4.74 Å². The lowest BCUT2D eigenvalue weighted by atomic mass is 9.53. The summed E-state index contributed by atoms with van der Waals surface area (Å²) in [6.45, 7) is 12.3. The van der Waals surface area contributed by atoms with Crippen molar-refractivity contribution in [2.45, 2.75) is 117 Å². The van der Waals surface area contributed by atoms with Gasteiger partial charge in [0.25, 0.3) is 0 Å². The zero-order valence-corrected chi connectivity index (χ0v) is 20.9. The van der Waals surface area contributed by atoms with Gasteiger partial charge in [0, 0.05) is 13.2 Å². The first-order chi connectivity index (χ1) is 14.7. The highest BCUT2D eigenvalue weighted by atomic mass is 16.5. The van der Waals surface area contributed by atoms with Crippen LogP contribution in [-0.2, 0) is 9.53 Å². The van der Waals surface area contributed by atoms with Gasteiger partial charge in [-0.05, 0) is 79.4 Å². The molecule has 3 heteroatoms. The number of rotatable bonds is 6. The van der Waals surface area contributed by atoms with Crippen molar-refractivity contribution in [3.8, 4) is 0 Å². The van der Waals surface area contributed by atoms with Gasteiger partial charge in [-0.25, -0.2) is 0 Å². The van der Waals surface area contributed by atoms with Gasteiger partial charge in [0.2, 0.25) is 5.91 Å². The number of hydrogen-bond acceptors (Lipinski definition) is 2. The monoisotopic (exact) mass is 427 g/mol. The first kappa shape index (κ1) is 22.0. The van der Waals surface area contributed by atoms with Gasteiger partial charge in [0.05, 0.1) is 17.7 Å². The average Bonchev–Trinajstić information content (AvgIpc) is 3.32. The molecule has 2 aliphatic heterocycles. The number of carbonyl (C=O) groups is 1. The number of amides is 1. The maximum absolute atomic E-state index is 13.6. The van der Waals surface area contributed by atoms with Crippen LogP contribution in [0.15, 0.2) is 11.6 Å². The van der Waals surface area contributed by atoms with E-state index in [0.29, 0.717) is 29.4 Å². The molecule has 31 heavy (non-hydrogen) atoms. The molecule has 2 heterocycles. The van der Waals surface area contributed by atoms with Crippen LogP contribution in [0.25, 0.3) is 0 Å². The maximum Gasteiger partial charge on any atom is 0.247 e. The summed E-state index contributed by atoms with van der Waals surface area (Å²) in [5.41, 5.74) is 2.05. The van der Waals surface area contributed by atoms with Gasteiger partial charge in [-0.15, -0.1) is 0 Å². The van der Waals surface area contributed by atoms with Crippen LogP contribution in [0.2, 0.25) is 0 Å². The smallest absolute Gasteiger partial charge is 0.247 e. The summed E-state index contributed by atoms with van der Waals surface area (Å²) >= 11 is 0. The fourth-order valence-corrected chi connectivity index (χ4v) is 9.30. The van der Waals surface area contributed by atoms with Gasteiger partial charge in [-0.2, -0.15) is 0 Å². The van der Waals surface area contributed by atoms with E-state index in [9.17, 15) is 4.79 Å². The molecule has 3 aliphatic carbocycles. The summed E-state index contributed by atoms with van der Waals surface area (Å²) in [5, 5.41) is 0. The number of carbonyl (C=O) groups excluding carboxylic acids is 1. The third kappa shape index (κ3) is 2.90. The van der Waals surface area contributed by atoms with Crippen LogP contribution in [0.4, 0.5) is 0 Å². The van der Waals surface area contributed by atoms with Gasteiger partial charge in [-0.3, -0.25) is 4.79 Å². The lowest BCUT2D eigenvalue weighted by molar-refractivity contribution is -0.123. The van der Waals surface area contributed by atoms with Crippen LogP contribution in [0.5, 0.6) is 0 Å². The van der Waals surface area contributed by atoms with E-state index in [1.165, 1.54) is 56.9 Å². The Morgan fingerprint density at radius 1 is 1.10 bits per heavy atom. The number of ether oxygens (including phenoxy) is 1. The number of fused-ring (bicyclic) bond motifs is 2. The van der Waals surface area contributed by atoms with E-state index >= 15 is 0 Å². The largest absolute Gasteiger partial charge is 0.381 e. The van der Waals surface area contributed by atoms with Crippen LogP contribution >= 0.6 is 0 Å². The lowest BCUT2D eigenvalue weighted by Gasteiger charge is -2.50. The Hall–Kier alpha value is -0.830. The Morgan fingerprint density at radius 2 is 1.87 bits per heavy atom. The van der Waals surface area contributed by atoms with E-state index < -0.39 is 0 Å². The fraction of sp³-hybridized carbons (Fsp3) is 0.893. The molecule has 0 aromatic rings. The highest BCUT2D eigenvalue weighted by Gasteiger charge is 2.81. The van der Waals surface area contributed by atoms with Crippen LogP contribution in [0.1, 0.15) is 98.8 Å². The van der Waals surface area contributed by atoms with Gasteiger partial charge in [0.1, 0.15) is 0 Å². The normalized spacial score (nSPS) is 46.7. The molecule has 5 rings (SSSR count). The van der Waals surface area contributed by atoms with Crippen molar-refractivity contribution in [3.05, 3.63) is 11.6 Å². The highest BCUT2D eigenvalue weighted by molar-refractivity contribution is 5.93. The van der Waals surface area contributed by atoms with E-state index in [2.05, 4.69) is 45.6 Å². The average molecular weight is 428 g/mol. The zero-order chi connectivity index (χ0) is 22.2.